The van der Waals surface area contributed by atoms with Crippen LogP contribution < -0.4 is 5.32 Å². The van der Waals surface area contributed by atoms with E-state index in [-0.39, 0.29) is 0 Å². The van der Waals surface area contributed by atoms with Gasteiger partial charge in [-0.3, -0.25) is 4.90 Å². The maximum atomic E-state index is 5.67. The highest BCUT2D eigenvalue weighted by molar-refractivity contribution is 5.87. The molecule has 3 heterocycles. The van der Waals surface area contributed by atoms with Gasteiger partial charge in [-0.15, -0.1) is 0 Å². The number of hydrogen-bond donors (Lipinski definition) is 1. The van der Waals surface area contributed by atoms with Crippen molar-refractivity contribution in [3.05, 3.63) is 42.5 Å². The van der Waals surface area contributed by atoms with Gasteiger partial charge in [0.25, 0.3) is 0 Å². The van der Waals surface area contributed by atoms with E-state index in [1.165, 1.54) is 39.0 Å². The topological polar surface area (TPSA) is 57.4 Å². The standard InChI is InChI=1S/C23H29N5O/c1-16-24-15-22(29-16)18-3-4-19-14-26-23(12-20(19)11-18)25-13-17-9-21(10-17)28-7-5-27(2)6-8-28/h3-4,11-12,14-15,17,21H,5-10,13H2,1-2H3,(H,25,26). The fourth-order valence-electron chi connectivity index (χ4n) is 4.49. The number of likely N-dealkylation sites (N-methyl/N-ethyl adjacent to an activating group) is 1. The van der Waals surface area contributed by atoms with E-state index in [2.05, 4.69) is 56.4 Å². The number of pyridine rings is 1. The number of nitrogens with zero attached hydrogens (tertiary/aromatic N) is 4. The minimum absolute atomic E-state index is 0.688. The molecule has 2 aliphatic rings. The molecule has 2 aromatic heterocycles. The molecule has 2 fully saturated rings. The summed E-state index contributed by atoms with van der Waals surface area (Å²) in [7, 11) is 2.22. The lowest BCUT2D eigenvalue weighted by atomic mass is 9.79. The van der Waals surface area contributed by atoms with Gasteiger partial charge in [0.15, 0.2) is 11.7 Å². The zero-order valence-electron chi connectivity index (χ0n) is 17.3. The normalized spacial score (nSPS) is 23.2. The fraction of sp³-hybridized carbons (Fsp3) is 0.478. The Hall–Kier alpha value is -2.44. The lowest BCUT2D eigenvalue weighted by Crippen LogP contribution is -2.53. The minimum atomic E-state index is 0.688. The van der Waals surface area contributed by atoms with Crippen LogP contribution in [0.15, 0.2) is 41.1 Å². The average molecular weight is 392 g/mol. The van der Waals surface area contributed by atoms with Gasteiger partial charge in [-0.25, -0.2) is 9.97 Å². The molecule has 1 saturated carbocycles. The van der Waals surface area contributed by atoms with E-state index in [1.54, 1.807) is 6.20 Å². The highest BCUT2D eigenvalue weighted by Crippen LogP contribution is 2.33. The second kappa shape index (κ2) is 7.76. The third-order valence-electron chi connectivity index (χ3n) is 6.46. The van der Waals surface area contributed by atoms with Gasteiger partial charge in [0.05, 0.1) is 6.20 Å². The predicted molar refractivity (Wildman–Crippen MR) is 116 cm³/mol. The summed E-state index contributed by atoms with van der Waals surface area (Å²) in [5.74, 6) is 3.19. The van der Waals surface area contributed by atoms with Gasteiger partial charge < -0.3 is 14.6 Å². The van der Waals surface area contributed by atoms with E-state index in [1.807, 2.05) is 13.1 Å². The van der Waals surface area contributed by atoms with Crippen LogP contribution in [0.4, 0.5) is 5.82 Å². The number of aromatic nitrogens is 2. The third-order valence-corrected chi connectivity index (χ3v) is 6.46. The molecule has 0 bridgehead atoms. The Morgan fingerprint density at radius 1 is 1.03 bits per heavy atom. The quantitative estimate of drug-likeness (QED) is 0.717. The van der Waals surface area contributed by atoms with Crippen LogP contribution in [0.5, 0.6) is 0 Å². The molecular weight excluding hydrogens is 362 g/mol. The van der Waals surface area contributed by atoms with Gasteiger partial charge in [-0.05, 0) is 43.3 Å². The Labute approximate surface area is 171 Å². The second-order valence-corrected chi connectivity index (χ2v) is 8.59. The van der Waals surface area contributed by atoms with Crippen molar-refractivity contribution < 1.29 is 4.42 Å². The van der Waals surface area contributed by atoms with Crippen molar-refractivity contribution in [1.82, 2.24) is 19.8 Å². The van der Waals surface area contributed by atoms with Gasteiger partial charge in [0.2, 0.25) is 0 Å². The van der Waals surface area contributed by atoms with Gasteiger partial charge in [0.1, 0.15) is 5.82 Å². The predicted octanol–water partition coefficient (Wildman–Crippen LogP) is 3.64. The van der Waals surface area contributed by atoms with Gasteiger partial charge >= 0.3 is 0 Å². The lowest BCUT2D eigenvalue weighted by Gasteiger charge is -2.46. The smallest absolute Gasteiger partial charge is 0.191 e. The van der Waals surface area contributed by atoms with E-state index in [0.717, 1.165) is 46.4 Å². The second-order valence-electron chi connectivity index (χ2n) is 8.59. The molecule has 1 aliphatic carbocycles. The summed E-state index contributed by atoms with van der Waals surface area (Å²) in [6.07, 6.45) is 6.34. The van der Waals surface area contributed by atoms with Crippen molar-refractivity contribution in [3.63, 3.8) is 0 Å². The van der Waals surface area contributed by atoms with E-state index in [4.69, 9.17) is 4.42 Å². The van der Waals surface area contributed by atoms with Crippen LogP contribution >= 0.6 is 0 Å². The Balaban J connectivity index is 1.19. The monoisotopic (exact) mass is 391 g/mol. The van der Waals surface area contributed by atoms with Crippen LogP contribution in [0.1, 0.15) is 18.7 Å². The van der Waals surface area contributed by atoms with Crippen molar-refractivity contribution in [2.24, 2.45) is 5.92 Å². The molecule has 1 N–H and O–H groups in total. The summed E-state index contributed by atoms with van der Waals surface area (Å²) in [5, 5.41) is 5.86. The summed E-state index contributed by atoms with van der Waals surface area (Å²) < 4.78 is 5.67. The maximum absolute atomic E-state index is 5.67. The zero-order valence-corrected chi connectivity index (χ0v) is 17.3. The van der Waals surface area contributed by atoms with E-state index >= 15 is 0 Å². The molecule has 152 valence electrons. The minimum Gasteiger partial charge on any atom is -0.441 e. The molecule has 0 atom stereocenters. The van der Waals surface area contributed by atoms with Crippen LogP contribution in [0.3, 0.4) is 0 Å². The van der Waals surface area contributed by atoms with Gasteiger partial charge in [-0.1, -0.05) is 12.1 Å². The summed E-state index contributed by atoms with van der Waals surface area (Å²) in [6, 6.07) is 9.22. The number of aryl methyl sites for hydroxylation is 1. The summed E-state index contributed by atoms with van der Waals surface area (Å²) >= 11 is 0. The number of fused-ring (bicyclic) bond motifs is 1. The van der Waals surface area contributed by atoms with Crippen LogP contribution in [0.2, 0.25) is 0 Å². The molecule has 6 heteroatoms. The van der Waals surface area contributed by atoms with Crippen LogP contribution in [0.25, 0.3) is 22.1 Å². The molecule has 29 heavy (non-hydrogen) atoms. The summed E-state index contributed by atoms with van der Waals surface area (Å²) in [4.78, 5) is 13.9. The van der Waals surface area contributed by atoms with E-state index < -0.39 is 0 Å². The van der Waals surface area contributed by atoms with E-state index in [9.17, 15) is 0 Å². The third kappa shape index (κ3) is 4.00. The first kappa shape index (κ1) is 18.6. The number of nitrogens with one attached hydrogen (secondary N) is 1. The zero-order chi connectivity index (χ0) is 19.8. The first-order chi connectivity index (χ1) is 14.1. The van der Waals surface area contributed by atoms with Crippen molar-refractivity contribution >= 4 is 16.6 Å². The first-order valence-corrected chi connectivity index (χ1v) is 10.6. The summed E-state index contributed by atoms with van der Waals surface area (Å²) in [5.41, 5.74) is 1.05. The molecule has 0 radical (unpaired) electrons. The van der Waals surface area contributed by atoms with Crippen LogP contribution in [-0.4, -0.2) is 65.6 Å². The number of rotatable bonds is 5. The number of anilines is 1. The first-order valence-electron chi connectivity index (χ1n) is 10.6. The highest BCUT2D eigenvalue weighted by Gasteiger charge is 2.34. The van der Waals surface area contributed by atoms with E-state index in [0.29, 0.717) is 5.89 Å². The van der Waals surface area contributed by atoms with Crippen LogP contribution in [-0.2, 0) is 0 Å². The highest BCUT2D eigenvalue weighted by atomic mass is 16.4. The molecule has 6 nitrogen and oxygen atoms in total. The Kier molecular flexibility index (Phi) is 4.97. The molecule has 0 amide bonds. The molecule has 1 aliphatic heterocycles. The molecule has 3 aromatic rings. The van der Waals surface area contributed by atoms with Crippen molar-refractivity contribution in [1.29, 1.82) is 0 Å². The fourth-order valence-corrected chi connectivity index (χ4v) is 4.49. The molecule has 0 unspecified atom stereocenters. The maximum Gasteiger partial charge on any atom is 0.191 e. The number of benzene rings is 1. The van der Waals surface area contributed by atoms with Gasteiger partial charge in [-0.2, -0.15) is 0 Å². The molecule has 1 saturated heterocycles. The average Bonchev–Trinajstić information content (AvgIpc) is 3.14. The number of hydrogen-bond acceptors (Lipinski definition) is 6. The Morgan fingerprint density at radius 3 is 2.62 bits per heavy atom. The SMILES string of the molecule is Cc1ncc(-c2ccc3cnc(NCC4CC(N5CCN(C)CC5)C4)cc3c2)o1. The summed E-state index contributed by atoms with van der Waals surface area (Å²) in [6.45, 7) is 7.72. The molecule has 5 rings (SSSR count). The Bertz CT molecular complexity index is 986. The Morgan fingerprint density at radius 2 is 1.86 bits per heavy atom. The van der Waals surface area contributed by atoms with Crippen molar-refractivity contribution in [2.75, 3.05) is 45.1 Å². The molecular formula is C23H29N5O. The van der Waals surface area contributed by atoms with Gasteiger partial charge in [0, 0.05) is 62.8 Å². The number of piperazine rings is 1. The molecule has 1 aromatic carbocycles. The molecule has 0 spiro atoms. The largest absolute Gasteiger partial charge is 0.441 e. The number of oxazole rings is 1. The lowest BCUT2D eigenvalue weighted by molar-refractivity contribution is 0.0440. The van der Waals surface area contributed by atoms with Crippen molar-refractivity contribution in [2.45, 2.75) is 25.8 Å². The van der Waals surface area contributed by atoms with Crippen LogP contribution in [0, 0.1) is 12.8 Å². The van der Waals surface area contributed by atoms with Crippen molar-refractivity contribution in [3.8, 4) is 11.3 Å².